The summed E-state index contributed by atoms with van der Waals surface area (Å²) in [6.07, 6.45) is 6.45. The molecule has 9 heteroatoms. The van der Waals surface area contributed by atoms with Gasteiger partial charge in [-0.2, -0.15) is 5.10 Å². The van der Waals surface area contributed by atoms with Crippen LogP contribution >= 0.6 is 11.8 Å². The molecule has 0 saturated heterocycles. The van der Waals surface area contributed by atoms with Gasteiger partial charge in [0.1, 0.15) is 19.2 Å². The van der Waals surface area contributed by atoms with Gasteiger partial charge in [0, 0.05) is 12.0 Å². The summed E-state index contributed by atoms with van der Waals surface area (Å²) in [6.45, 7) is 1.02. The molecule has 0 bridgehead atoms. The van der Waals surface area contributed by atoms with Crippen LogP contribution in [0.5, 0.6) is 0 Å². The number of nitrogens with zero attached hydrogens (tertiary/aromatic N) is 5. The Morgan fingerprint density at radius 2 is 2.11 bits per heavy atom. The number of aromatic nitrogens is 5. The molecular weight excluding hydrogens is 364 g/mol. The lowest BCUT2D eigenvalue weighted by atomic mass is 9.64. The second-order valence-electron chi connectivity index (χ2n) is 6.62. The highest BCUT2D eigenvalue weighted by Crippen LogP contribution is 2.43. The van der Waals surface area contributed by atoms with Crippen molar-refractivity contribution in [3.8, 4) is 0 Å². The van der Waals surface area contributed by atoms with E-state index in [0.29, 0.717) is 24.2 Å². The van der Waals surface area contributed by atoms with E-state index < -0.39 is 0 Å². The first-order valence-electron chi connectivity index (χ1n) is 8.83. The maximum atomic E-state index is 12.3. The summed E-state index contributed by atoms with van der Waals surface area (Å²) < 4.78 is 7.12. The first-order chi connectivity index (χ1) is 13.2. The Morgan fingerprint density at radius 3 is 2.81 bits per heavy atom. The zero-order chi connectivity index (χ0) is 18.5. The van der Waals surface area contributed by atoms with E-state index in [-0.39, 0.29) is 17.1 Å². The summed E-state index contributed by atoms with van der Waals surface area (Å²) in [5.74, 6) is 0.648. The lowest BCUT2D eigenvalue weighted by molar-refractivity contribution is -0.119. The highest BCUT2D eigenvalue weighted by Gasteiger charge is 2.38. The molecule has 0 spiro atoms. The van der Waals surface area contributed by atoms with Crippen LogP contribution in [0.25, 0.3) is 0 Å². The van der Waals surface area contributed by atoms with Crippen LogP contribution < -0.4 is 5.32 Å². The summed E-state index contributed by atoms with van der Waals surface area (Å²) in [7, 11) is 0. The van der Waals surface area contributed by atoms with Gasteiger partial charge in [0.15, 0.2) is 0 Å². The fourth-order valence-electron chi connectivity index (χ4n) is 3.22. The molecule has 27 heavy (non-hydrogen) atoms. The number of nitrogens with one attached hydrogen (secondary N) is 1. The quantitative estimate of drug-likeness (QED) is 0.593. The van der Waals surface area contributed by atoms with E-state index in [1.807, 2.05) is 6.07 Å². The Hall–Kier alpha value is -2.68. The van der Waals surface area contributed by atoms with Gasteiger partial charge in [-0.05, 0) is 18.4 Å². The van der Waals surface area contributed by atoms with Crippen molar-refractivity contribution in [1.82, 2.24) is 30.3 Å². The molecule has 1 aromatic carbocycles. The molecule has 1 amide bonds. The molecule has 4 rings (SSSR count). The molecule has 1 aliphatic rings. The van der Waals surface area contributed by atoms with Crippen LogP contribution in [0.1, 0.15) is 30.7 Å². The third-order valence-electron chi connectivity index (χ3n) is 4.86. The second-order valence-corrected chi connectivity index (χ2v) is 7.55. The number of thioether (sulfide) groups is 1. The Bertz CT molecular complexity index is 876. The number of amides is 1. The number of benzene rings is 1. The molecule has 0 radical (unpaired) electrons. The van der Waals surface area contributed by atoms with Crippen molar-refractivity contribution in [2.75, 3.05) is 12.3 Å². The van der Waals surface area contributed by atoms with Gasteiger partial charge in [0.2, 0.25) is 11.8 Å². The van der Waals surface area contributed by atoms with Crippen molar-refractivity contribution in [2.45, 2.75) is 36.4 Å². The molecule has 0 unspecified atom stereocenters. The van der Waals surface area contributed by atoms with E-state index in [4.69, 9.17) is 4.42 Å². The largest absolute Gasteiger partial charge is 0.414 e. The lowest BCUT2D eigenvalue weighted by Crippen LogP contribution is -2.46. The van der Waals surface area contributed by atoms with Gasteiger partial charge in [0.25, 0.3) is 5.22 Å². The minimum absolute atomic E-state index is 0.0294. The molecule has 8 nitrogen and oxygen atoms in total. The fourth-order valence-corrected chi connectivity index (χ4v) is 3.83. The second kappa shape index (κ2) is 7.91. The fraction of sp³-hybridized carbons (Fsp3) is 0.389. The Morgan fingerprint density at radius 1 is 1.26 bits per heavy atom. The van der Waals surface area contributed by atoms with E-state index in [9.17, 15) is 4.79 Å². The van der Waals surface area contributed by atoms with Crippen molar-refractivity contribution < 1.29 is 9.21 Å². The molecule has 2 heterocycles. The van der Waals surface area contributed by atoms with Crippen molar-refractivity contribution >= 4 is 17.7 Å². The molecule has 2 aromatic heterocycles. The highest BCUT2D eigenvalue weighted by molar-refractivity contribution is 7.99. The molecule has 1 N–H and O–H groups in total. The van der Waals surface area contributed by atoms with E-state index >= 15 is 0 Å². The molecule has 3 aromatic rings. The van der Waals surface area contributed by atoms with E-state index in [1.165, 1.54) is 30.1 Å². The Kier molecular flexibility index (Phi) is 5.19. The third kappa shape index (κ3) is 4.19. The predicted molar refractivity (Wildman–Crippen MR) is 99.1 cm³/mol. The van der Waals surface area contributed by atoms with E-state index in [2.05, 4.69) is 49.9 Å². The minimum atomic E-state index is -0.0294. The van der Waals surface area contributed by atoms with Crippen LogP contribution in [0.4, 0.5) is 0 Å². The SMILES string of the molecule is O=C(CSc1nnc(Cn2cncn2)o1)NCC1(c2ccccc2)CCC1. The molecule has 1 saturated carbocycles. The van der Waals surface area contributed by atoms with Crippen LogP contribution in [0.15, 0.2) is 52.6 Å². The number of rotatable bonds is 8. The monoisotopic (exact) mass is 384 g/mol. The summed E-state index contributed by atoms with van der Waals surface area (Å²) in [4.78, 5) is 16.1. The number of carbonyl (C=O) groups is 1. The average molecular weight is 384 g/mol. The van der Waals surface area contributed by atoms with Gasteiger partial charge in [-0.1, -0.05) is 48.5 Å². The van der Waals surface area contributed by atoms with Crippen LogP contribution in [-0.2, 0) is 16.8 Å². The van der Waals surface area contributed by atoms with Crippen LogP contribution in [-0.4, -0.2) is 43.2 Å². The van der Waals surface area contributed by atoms with Gasteiger partial charge in [-0.25, -0.2) is 9.67 Å². The average Bonchev–Trinajstić information content (AvgIpc) is 3.32. The minimum Gasteiger partial charge on any atom is -0.414 e. The molecule has 0 aliphatic heterocycles. The van der Waals surface area contributed by atoms with Gasteiger partial charge >= 0.3 is 0 Å². The smallest absolute Gasteiger partial charge is 0.277 e. The summed E-state index contributed by atoms with van der Waals surface area (Å²) >= 11 is 1.24. The Balaban J connectivity index is 1.26. The van der Waals surface area contributed by atoms with Crippen LogP contribution in [0.2, 0.25) is 0 Å². The first-order valence-corrected chi connectivity index (χ1v) is 9.82. The topological polar surface area (TPSA) is 98.7 Å². The maximum Gasteiger partial charge on any atom is 0.277 e. The van der Waals surface area contributed by atoms with Gasteiger partial charge < -0.3 is 9.73 Å². The summed E-state index contributed by atoms with van der Waals surface area (Å²) in [5, 5.41) is 15.3. The van der Waals surface area contributed by atoms with Crippen LogP contribution in [0, 0.1) is 0 Å². The summed E-state index contributed by atoms with van der Waals surface area (Å²) in [6, 6.07) is 10.4. The predicted octanol–water partition coefficient (Wildman–Crippen LogP) is 2.04. The van der Waals surface area contributed by atoms with Gasteiger partial charge in [-0.15, -0.1) is 10.2 Å². The molecule has 1 fully saturated rings. The first kappa shape index (κ1) is 17.7. The summed E-state index contributed by atoms with van der Waals surface area (Å²) in [5.41, 5.74) is 1.38. The lowest BCUT2D eigenvalue weighted by Gasteiger charge is -2.42. The number of hydrogen-bond donors (Lipinski definition) is 1. The van der Waals surface area contributed by atoms with Crippen molar-refractivity contribution in [2.24, 2.45) is 0 Å². The third-order valence-corrected chi connectivity index (χ3v) is 5.68. The normalized spacial score (nSPS) is 15.3. The zero-order valence-corrected chi connectivity index (χ0v) is 15.6. The molecular formula is C18H20N6O2S. The standard InChI is InChI=1S/C18H20N6O2S/c25-15(20-11-18(7-4-8-18)14-5-2-1-3-6-14)10-27-17-23-22-16(26-17)9-24-13-19-12-21-24/h1-3,5-6,12-13H,4,7-11H2,(H,20,25). The maximum absolute atomic E-state index is 12.3. The highest BCUT2D eigenvalue weighted by atomic mass is 32.2. The number of carbonyl (C=O) groups excluding carboxylic acids is 1. The van der Waals surface area contributed by atoms with Crippen molar-refractivity contribution in [3.05, 3.63) is 54.4 Å². The van der Waals surface area contributed by atoms with E-state index in [0.717, 1.165) is 12.8 Å². The van der Waals surface area contributed by atoms with E-state index in [1.54, 1.807) is 11.0 Å². The number of hydrogen-bond acceptors (Lipinski definition) is 7. The molecule has 140 valence electrons. The van der Waals surface area contributed by atoms with Crippen LogP contribution in [0.3, 0.4) is 0 Å². The van der Waals surface area contributed by atoms with Gasteiger partial charge in [-0.3, -0.25) is 4.79 Å². The van der Waals surface area contributed by atoms with Crippen molar-refractivity contribution in [1.29, 1.82) is 0 Å². The molecule has 0 atom stereocenters. The van der Waals surface area contributed by atoms with Crippen molar-refractivity contribution in [3.63, 3.8) is 0 Å². The zero-order valence-electron chi connectivity index (χ0n) is 14.7. The van der Waals surface area contributed by atoms with Gasteiger partial charge in [0.05, 0.1) is 5.75 Å². The Labute approximate surface area is 160 Å². The molecule has 1 aliphatic carbocycles.